The van der Waals surface area contributed by atoms with Gasteiger partial charge in [0, 0.05) is 0 Å². The average molecular weight is 271 g/mol. The van der Waals surface area contributed by atoms with Crippen molar-refractivity contribution >= 4 is 9.84 Å². The molecule has 2 rings (SSSR count). The maximum atomic E-state index is 12.1. The molecule has 0 aliphatic rings. The van der Waals surface area contributed by atoms with Crippen LogP contribution in [0.25, 0.3) is 0 Å². The second kappa shape index (κ2) is 5.68. The van der Waals surface area contributed by atoms with E-state index < -0.39 is 9.84 Å². The summed E-state index contributed by atoms with van der Waals surface area (Å²) in [5, 5.41) is 8.97. The van der Waals surface area contributed by atoms with Crippen LogP contribution in [0.1, 0.15) is 11.1 Å². The molecule has 0 unspecified atom stereocenters. The van der Waals surface area contributed by atoms with E-state index in [9.17, 15) is 8.42 Å². The molecule has 0 fully saturated rings. The number of rotatable bonds is 4. The fourth-order valence-corrected chi connectivity index (χ4v) is 3.13. The Balaban J connectivity index is 2.17. The van der Waals surface area contributed by atoms with Crippen molar-refractivity contribution in [3.63, 3.8) is 0 Å². The summed E-state index contributed by atoms with van der Waals surface area (Å²) in [5.74, 6) is 0.00963. The molecule has 0 aliphatic heterocycles. The van der Waals surface area contributed by atoms with Crippen LogP contribution in [0.5, 0.6) is 0 Å². The fraction of sp³-hybridized carbons (Fsp3) is 0.133. The molecule has 0 bridgehead atoms. The molecule has 0 atom stereocenters. The highest BCUT2D eigenvalue weighted by molar-refractivity contribution is 7.91. The molecule has 96 valence electrons. The maximum absolute atomic E-state index is 12.1. The molecule has 0 saturated carbocycles. The molecule has 0 N–H and O–H groups in total. The topological polar surface area (TPSA) is 57.9 Å². The SMILES string of the molecule is N#Cc1ccccc1CCS(=O)(=O)c1ccccc1. The minimum Gasteiger partial charge on any atom is -0.224 e. The van der Waals surface area contributed by atoms with Crippen molar-refractivity contribution in [2.75, 3.05) is 5.75 Å². The van der Waals surface area contributed by atoms with Crippen LogP contribution in [-0.4, -0.2) is 14.2 Å². The number of hydrogen-bond donors (Lipinski definition) is 0. The monoisotopic (exact) mass is 271 g/mol. The molecular formula is C15H13NO2S. The first kappa shape index (κ1) is 13.3. The van der Waals surface area contributed by atoms with Crippen molar-refractivity contribution < 1.29 is 8.42 Å². The van der Waals surface area contributed by atoms with Gasteiger partial charge in [0.2, 0.25) is 0 Å². The Morgan fingerprint density at radius 2 is 1.58 bits per heavy atom. The van der Waals surface area contributed by atoms with Crippen LogP contribution in [0.4, 0.5) is 0 Å². The third-order valence-corrected chi connectivity index (χ3v) is 4.61. The van der Waals surface area contributed by atoms with E-state index in [4.69, 9.17) is 5.26 Å². The standard InChI is InChI=1S/C15H13NO2S/c16-12-14-7-5-4-6-13(14)10-11-19(17,18)15-8-2-1-3-9-15/h1-9H,10-11H2. The molecule has 0 aromatic heterocycles. The van der Waals surface area contributed by atoms with Crippen molar-refractivity contribution in [2.24, 2.45) is 0 Å². The Labute approximate surface area is 113 Å². The number of nitrogens with zero attached hydrogens (tertiary/aromatic N) is 1. The Hall–Kier alpha value is -2.12. The van der Waals surface area contributed by atoms with E-state index in [1.54, 1.807) is 48.5 Å². The molecule has 2 aromatic rings. The molecule has 2 aromatic carbocycles. The quantitative estimate of drug-likeness (QED) is 0.858. The van der Waals surface area contributed by atoms with E-state index in [0.29, 0.717) is 16.9 Å². The van der Waals surface area contributed by atoms with Crippen molar-refractivity contribution in [3.05, 3.63) is 65.7 Å². The largest absolute Gasteiger partial charge is 0.224 e. The zero-order chi connectivity index (χ0) is 13.7. The first-order valence-corrected chi connectivity index (χ1v) is 7.54. The third kappa shape index (κ3) is 3.21. The number of nitriles is 1. The lowest BCUT2D eigenvalue weighted by Gasteiger charge is -2.05. The highest BCUT2D eigenvalue weighted by Gasteiger charge is 2.14. The lowest BCUT2D eigenvalue weighted by molar-refractivity contribution is 0.595. The summed E-state index contributed by atoms with van der Waals surface area (Å²) in [4.78, 5) is 0.324. The van der Waals surface area contributed by atoms with Gasteiger partial charge >= 0.3 is 0 Å². The second-order valence-corrected chi connectivity index (χ2v) is 6.26. The number of aryl methyl sites for hydroxylation is 1. The number of hydrogen-bond acceptors (Lipinski definition) is 3. The summed E-state index contributed by atoms with van der Waals surface area (Å²) in [7, 11) is -3.29. The van der Waals surface area contributed by atoms with E-state index in [1.807, 2.05) is 6.07 Å². The molecule has 4 heteroatoms. The third-order valence-electron chi connectivity index (χ3n) is 2.88. The predicted molar refractivity (Wildman–Crippen MR) is 73.4 cm³/mol. The fourth-order valence-electron chi connectivity index (χ4n) is 1.84. The summed E-state index contributed by atoms with van der Waals surface area (Å²) in [5.41, 5.74) is 1.30. The number of benzene rings is 2. The van der Waals surface area contributed by atoms with Crippen LogP contribution in [0.3, 0.4) is 0 Å². The van der Waals surface area contributed by atoms with E-state index in [0.717, 1.165) is 5.56 Å². The lowest BCUT2D eigenvalue weighted by atomic mass is 10.1. The molecule has 0 radical (unpaired) electrons. The summed E-state index contributed by atoms with van der Waals surface area (Å²) >= 11 is 0. The van der Waals surface area contributed by atoms with Crippen LogP contribution < -0.4 is 0 Å². The van der Waals surface area contributed by atoms with Crippen LogP contribution in [0.15, 0.2) is 59.5 Å². The first-order chi connectivity index (χ1) is 9.13. The highest BCUT2D eigenvalue weighted by atomic mass is 32.2. The Kier molecular flexibility index (Phi) is 3.98. The van der Waals surface area contributed by atoms with E-state index in [-0.39, 0.29) is 5.75 Å². The molecule has 0 aliphatic carbocycles. The van der Waals surface area contributed by atoms with Gasteiger partial charge < -0.3 is 0 Å². The van der Waals surface area contributed by atoms with Crippen molar-refractivity contribution in [3.8, 4) is 6.07 Å². The van der Waals surface area contributed by atoms with Crippen molar-refractivity contribution in [1.82, 2.24) is 0 Å². The highest BCUT2D eigenvalue weighted by Crippen LogP contribution is 2.14. The van der Waals surface area contributed by atoms with Gasteiger partial charge in [-0.15, -0.1) is 0 Å². The smallest absolute Gasteiger partial charge is 0.178 e. The lowest BCUT2D eigenvalue weighted by Crippen LogP contribution is -2.09. The summed E-state index contributed by atoms with van der Waals surface area (Å²) < 4.78 is 24.2. The molecule has 0 amide bonds. The first-order valence-electron chi connectivity index (χ1n) is 5.89. The molecule has 0 spiro atoms. The van der Waals surface area contributed by atoms with E-state index >= 15 is 0 Å². The van der Waals surface area contributed by atoms with Gasteiger partial charge in [0.1, 0.15) is 0 Å². The van der Waals surface area contributed by atoms with Gasteiger partial charge in [-0.3, -0.25) is 0 Å². The Bertz CT molecular complexity index is 700. The van der Waals surface area contributed by atoms with Crippen LogP contribution in [0, 0.1) is 11.3 Å². The van der Waals surface area contributed by atoms with Crippen LogP contribution in [-0.2, 0) is 16.3 Å². The summed E-state index contributed by atoms with van der Waals surface area (Å²) in [6.45, 7) is 0. The van der Waals surface area contributed by atoms with Crippen LogP contribution in [0.2, 0.25) is 0 Å². The Morgan fingerprint density at radius 1 is 0.947 bits per heavy atom. The molecule has 19 heavy (non-hydrogen) atoms. The van der Waals surface area contributed by atoms with Gasteiger partial charge in [-0.05, 0) is 30.2 Å². The van der Waals surface area contributed by atoms with Gasteiger partial charge in [0.05, 0.1) is 22.3 Å². The van der Waals surface area contributed by atoms with Gasteiger partial charge in [0.15, 0.2) is 9.84 Å². The minimum absolute atomic E-state index is 0.00963. The van der Waals surface area contributed by atoms with Gasteiger partial charge in [0.25, 0.3) is 0 Å². The minimum atomic E-state index is -3.29. The van der Waals surface area contributed by atoms with Crippen molar-refractivity contribution in [2.45, 2.75) is 11.3 Å². The molecule has 3 nitrogen and oxygen atoms in total. The zero-order valence-electron chi connectivity index (χ0n) is 10.3. The average Bonchev–Trinajstić information content (AvgIpc) is 2.46. The van der Waals surface area contributed by atoms with E-state index in [2.05, 4.69) is 6.07 Å². The second-order valence-electron chi connectivity index (χ2n) is 4.15. The summed E-state index contributed by atoms with van der Waals surface area (Å²) in [6.07, 6.45) is 0.348. The van der Waals surface area contributed by atoms with Crippen molar-refractivity contribution in [1.29, 1.82) is 5.26 Å². The number of sulfone groups is 1. The van der Waals surface area contributed by atoms with Crippen LogP contribution >= 0.6 is 0 Å². The summed E-state index contributed by atoms with van der Waals surface area (Å²) in [6, 6.07) is 17.5. The predicted octanol–water partition coefficient (Wildman–Crippen LogP) is 2.57. The molecule has 0 saturated heterocycles. The normalized spacial score (nSPS) is 10.9. The van der Waals surface area contributed by atoms with Gasteiger partial charge in [-0.2, -0.15) is 5.26 Å². The van der Waals surface area contributed by atoms with Gasteiger partial charge in [-0.25, -0.2) is 8.42 Å². The molecule has 0 heterocycles. The maximum Gasteiger partial charge on any atom is 0.178 e. The van der Waals surface area contributed by atoms with E-state index in [1.165, 1.54) is 0 Å². The Morgan fingerprint density at radius 3 is 2.26 bits per heavy atom. The zero-order valence-corrected chi connectivity index (χ0v) is 11.1. The van der Waals surface area contributed by atoms with Gasteiger partial charge in [-0.1, -0.05) is 36.4 Å². The molecular weight excluding hydrogens is 258 g/mol.